The molecule has 32 heavy (non-hydrogen) atoms. The molecule has 2 aromatic rings. The van der Waals surface area contributed by atoms with E-state index in [1.807, 2.05) is 0 Å². The van der Waals surface area contributed by atoms with Crippen LogP contribution in [0.15, 0.2) is 36.4 Å². The monoisotopic (exact) mass is 490 g/mol. The number of ether oxygens (including phenoxy) is 2. The maximum atomic E-state index is 12.9. The van der Waals surface area contributed by atoms with Gasteiger partial charge in [-0.2, -0.15) is 0 Å². The molecular weight excluding hydrogens is 465 g/mol. The number of anilines is 2. The van der Waals surface area contributed by atoms with Gasteiger partial charge in [-0.05, 0) is 36.4 Å². The Kier molecular flexibility index (Phi) is 11.5. The van der Waals surface area contributed by atoms with Crippen molar-refractivity contribution in [1.82, 2.24) is 10.2 Å². The molecule has 2 aliphatic heterocycles. The maximum Gasteiger partial charge on any atom is 0.322 e. The second kappa shape index (κ2) is 14.1. The third kappa shape index (κ3) is 9.54. The lowest BCUT2D eigenvalue weighted by Gasteiger charge is -2.26. The van der Waals surface area contributed by atoms with Crippen LogP contribution in [-0.2, 0) is 9.47 Å². The first kappa shape index (κ1) is 26.1. The van der Waals surface area contributed by atoms with Crippen molar-refractivity contribution in [3.8, 4) is 0 Å². The van der Waals surface area contributed by atoms with Gasteiger partial charge in [-0.1, -0.05) is 23.2 Å². The van der Waals surface area contributed by atoms with Gasteiger partial charge in [0.2, 0.25) is 0 Å². The number of nitrogens with one attached hydrogen (secondary N) is 2. The lowest BCUT2D eigenvalue weighted by molar-refractivity contribution is 0.0564. The van der Waals surface area contributed by atoms with E-state index in [0.29, 0.717) is 37.7 Å². The number of rotatable bonds is 1. The van der Waals surface area contributed by atoms with E-state index in [2.05, 4.69) is 10.6 Å². The summed E-state index contributed by atoms with van der Waals surface area (Å²) in [5.41, 5.74) is 6.23. The summed E-state index contributed by atoms with van der Waals surface area (Å²) in [7, 11) is 0. The fraction of sp³-hybridized carbons (Fsp3) is 0.381. The molecule has 4 N–H and O–H groups in total. The highest BCUT2D eigenvalue weighted by atomic mass is 35.5. The normalized spacial score (nSPS) is 15.6. The van der Waals surface area contributed by atoms with Gasteiger partial charge < -0.3 is 30.7 Å². The average Bonchev–Trinajstić information content (AvgIpc) is 2.81. The van der Waals surface area contributed by atoms with Crippen molar-refractivity contribution in [3.63, 3.8) is 0 Å². The predicted octanol–water partition coefficient (Wildman–Crippen LogP) is 4.01. The fourth-order valence-corrected chi connectivity index (χ4v) is 2.94. The lowest BCUT2D eigenvalue weighted by Crippen LogP contribution is -2.43. The molecule has 2 fully saturated rings. The molecule has 11 heteroatoms. The van der Waals surface area contributed by atoms with Crippen LogP contribution in [0.1, 0.15) is 0 Å². The molecule has 176 valence electrons. The molecule has 2 aliphatic rings. The Labute approximate surface area is 195 Å². The van der Waals surface area contributed by atoms with Gasteiger partial charge in [0, 0.05) is 37.6 Å². The van der Waals surface area contributed by atoms with Crippen LogP contribution in [-0.4, -0.2) is 63.5 Å². The fourth-order valence-electron chi connectivity index (χ4n) is 2.57. The van der Waals surface area contributed by atoms with E-state index in [4.69, 9.17) is 38.4 Å². The number of urea groups is 1. The van der Waals surface area contributed by atoms with Gasteiger partial charge in [-0.15, -0.1) is 0 Å². The first-order valence-corrected chi connectivity index (χ1v) is 10.7. The van der Waals surface area contributed by atoms with E-state index >= 15 is 0 Å². The topological polar surface area (TPSA) is 88.8 Å². The summed E-state index contributed by atoms with van der Waals surface area (Å²) < 4.78 is 35.4. The Hall–Kier alpha value is -2.17. The minimum absolute atomic E-state index is 0.00947. The summed E-state index contributed by atoms with van der Waals surface area (Å²) >= 11 is 11.0. The number of nitrogen functional groups attached to an aromatic ring is 1. The van der Waals surface area contributed by atoms with Crippen molar-refractivity contribution >= 4 is 40.6 Å². The van der Waals surface area contributed by atoms with Crippen LogP contribution < -0.4 is 16.4 Å². The molecule has 0 bridgehead atoms. The smallest absolute Gasteiger partial charge is 0.322 e. The van der Waals surface area contributed by atoms with Gasteiger partial charge in [-0.3, -0.25) is 0 Å². The quantitative estimate of drug-likeness (QED) is 0.525. The van der Waals surface area contributed by atoms with E-state index in [0.717, 1.165) is 26.3 Å². The largest absolute Gasteiger partial charge is 0.399 e. The van der Waals surface area contributed by atoms with Crippen LogP contribution in [0.25, 0.3) is 0 Å². The number of amides is 2. The summed E-state index contributed by atoms with van der Waals surface area (Å²) in [4.78, 5) is 13.4. The van der Waals surface area contributed by atoms with Gasteiger partial charge >= 0.3 is 6.03 Å². The number of hydrogen-bond donors (Lipinski definition) is 3. The van der Waals surface area contributed by atoms with Crippen molar-refractivity contribution in [1.29, 1.82) is 0 Å². The summed E-state index contributed by atoms with van der Waals surface area (Å²) in [6, 6.07) is 7.91. The van der Waals surface area contributed by atoms with E-state index < -0.39 is 11.6 Å². The van der Waals surface area contributed by atoms with Crippen molar-refractivity contribution in [2.45, 2.75) is 0 Å². The molecule has 2 heterocycles. The number of hydrogen-bond acceptors (Lipinski definition) is 5. The standard InChI is InChI=1S/C11H12ClFN2O2.C6H5ClFN.C4H9NO/c12-9-7-8(1-2-10(9)13)14-11(16)15-3-5-17-6-4-15;7-5-3-4(9)1-2-6(5)8;1-3-6-4-2-5-1/h1-2,7H,3-6H2,(H,14,16);1-3H,9H2;5H,1-4H2. The Morgan fingerprint density at radius 2 is 1.50 bits per heavy atom. The van der Waals surface area contributed by atoms with Crippen LogP contribution in [0.2, 0.25) is 10.0 Å². The summed E-state index contributed by atoms with van der Waals surface area (Å²) in [6.45, 7) is 6.02. The van der Waals surface area contributed by atoms with Crippen LogP contribution >= 0.6 is 23.2 Å². The van der Waals surface area contributed by atoms with E-state index in [1.54, 1.807) is 4.90 Å². The molecule has 7 nitrogen and oxygen atoms in total. The van der Waals surface area contributed by atoms with Gasteiger partial charge in [0.25, 0.3) is 0 Å². The molecule has 2 aromatic carbocycles. The Morgan fingerprint density at radius 1 is 0.938 bits per heavy atom. The number of morpholine rings is 2. The maximum absolute atomic E-state index is 12.9. The number of halogens is 4. The zero-order chi connectivity index (χ0) is 23.3. The first-order chi connectivity index (χ1) is 15.4. The summed E-state index contributed by atoms with van der Waals surface area (Å²) in [5.74, 6) is -0.943. The Bertz CT molecular complexity index is 855. The molecular formula is C21H26Cl2F2N4O3. The number of carbonyl (C=O) groups excluding carboxylic acids is 1. The average molecular weight is 491 g/mol. The molecule has 4 rings (SSSR count). The molecule has 0 aliphatic carbocycles. The minimum atomic E-state index is -0.504. The van der Waals surface area contributed by atoms with Crippen LogP contribution in [0, 0.1) is 11.6 Å². The highest BCUT2D eigenvalue weighted by molar-refractivity contribution is 6.31. The van der Waals surface area contributed by atoms with E-state index in [9.17, 15) is 13.6 Å². The molecule has 0 spiro atoms. The highest BCUT2D eigenvalue weighted by Gasteiger charge is 2.16. The molecule has 0 atom stereocenters. The van der Waals surface area contributed by atoms with Gasteiger partial charge in [-0.25, -0.2) is 13.6 Å². The molecule has 0 radical (unpaired) electrons. The number of nitrogens with zero attached hydrogens (tertiary/aromatic N) is 1. The number of benzene rings is 2. The van der Waals surface area contributed by atoms with Gasteiger partial charge in [0.1, 0.15) is 11.6 Å². The summed E-state index contributed by atoms with van der Waals surface area (Å²) in [5, 5.41) is 5.88. The third-order valence-corrected chi connectivity index (χ3v) is 4.84. The van der Waals surface area contributed by atoms with Crippen molar-refractivity contribution < 1.29 is 23.0 Å². The molecule has 2 saturated heterocycles. The molecule has 2 amide bonds. The van der Waals surface area contributed by atoms with Crippen LogP contribution in [0.4, 0.5) is 25.0 Å². The van der Waals surface area contributed by atoms with Crippen molar-refractivity contribution in [2.24, 2.45) is 0 Å². The summed E-state index contributed by atoms with van der Waals surface area (Å²) in [6.07, 6.45) is 0. The molecule has 0 unspecified atom stereocenters. The van der Waals surface area contributed by atoms with Crippen LogP contribution in [0.5, 0.6) is 0 Å². The SMILES string of the molecule is C1COCCN1.Nc1ccc(F)c(Cl)c1.O=C(Nc1ccc(F)c(Cl)c1)N1CCOCC1. The zero-order valence-corrected chi connectivity index (χ0v) is 18.9. The van der Waals surface area contributed by atoms with E-state index in [1.165, 1.54) is 36.4 Å². The molecule has 0 saturated carbocycles. The second-order valence-electron chi connectivity index (χ2n) is 6.69. The van der Waals surface area contributed by atoms with Gasteiger partial charge in [0.05, 0.1) is 36.5 Å². The molecule has 0 aromatic heterocycles. The Balaban J connectivity index is 0.000000200. The number of carbonyl (C=O) groups is 1. The Morgan fingerprint density at radius 3 is 1.97 bits per heavy atom. The lowest BCUT2D eigenvalue weighted by atomic mass is 10.3. The number of nitrogens with two attached hydrogens (primary N) is 1. The zero-order valence-electron chi connectivity index (χ0n) is 17.4. The van der Waals surface area contributed by atoms with E-state index in [-0.39, 0.29) is 16.1 Å². The first-order valence-electron chi connectivity index (χ1n) is 9.94. The third-order valence-electron chi connectivity index (χ3n) is 4.26. The minimum Gasteiger partial charge on any atom is -0.399 e. The predicted molar refractivity (Wildman–Crippen MR) is 122 cm³/mol. The van der Waals surface area contributed by atoms with Crippen molar-refractivity contribution in [2.75, 3.05) is 63.7 Å². The second-order valence-corrected chi connectivity index (χ2v) is 7.51. The van der Waals surface area contributed by atoms with Crippen molar-refractivity contribution in [3.05, 3.63) is 58.1 Å². The van der Waals surface area contributed by atoms with Gasteiger partial charge in [0.15, 0.2) is 0 Å². The highest BCUT2D eigenvalue weighted by Crippen LogP contribution is 2.19. The van der Waals surface area contributed by atoms with Crippen LogP contribution in [0.3, 0.4) is 0 Å².